The van der Waals surface area contributed by atoms with E-state index in [4.69, 9.17) is 9.47 Å². The summed E-state index contributed by atoms with van der Waals surface area (Å²) < 4.78 is 11.5. The van der Waals surface area contributed by atoms with Crippen molar-refractivity contribution in [2.75, 3.05) is 26.3 Å². The highest BCUT2D eigenvalue weighted by molar-refractivity contribution is 5.79. The first kappa shape index (κ1) is 15.7. The second-order valence-corrected chi connectivity index (χ2v) is 6.62. The van der Waals surface area contributed by atoms with Crippen molar-refractivity contribution in [3.8, 4) is 0 Å². The molecule has 124 valence electrons. The molecule has 2 aliphatic heterocycles. The number of carbonyl (C=O) groups is 2. The molecule has 1 N–H and O–H groups in total. The molecule has 0 aromatic rings. The lowest BCUT2D eigenvalue weighted by Crippen LogP contribution is -2.51. The Morgan fingerprint density at radius 3 is 2.36 bits per heavy atom. The van der Waals surface area contributed by atoms with E-state index in [1.165, 1.54) is 0 Å². The number of piperidine rings is 1. The number of nitrogens with one attached hydrogen (secondary N) is 1. The largest absolute Gasteiger partial charge is 0.373 e. The lowest BCUT2D eigenvalue weighted by molar-refractivity contribution is -0.159. The minimum Gasteiger partial charge on any atom is -0.373 e. The average Bonchev–Trinajstić information content (AvgIpc) is 2.55. The zero-order valence-electron chi connectivity index (χ0n) is 13.3. The van der Waals surface area contributed by atoms with Gasteiger partial charge < -0.3 is 19.7 Å². The van der Waals surface area contributed by atoms with E-state index in [0.29, 0.717) is 26.3 Å². The SMILES string of the molecule is CC(=O)N1CCC(C(=O)N[C@@H]2CC[C@H]3OCCO[C@@H]3C2)CC1. The highest BCUT2D eigenvalue weighted by Crippen LogP contribution is 2.27. The maximum atomic E-state index is 12.4. The number of ether oxygens (including phenoxy) is 2. The van der Waals surface area contributed by atoms with E-state index in [1.807, 2.05) is 4.90 Å². The first-order valence-corrected chi connectivity index (χ1v) is 8.42. The molecule has 0 unspecified atom stereocenters. The Hall–Kier alpha value is -1.14. The van der Waals surface area contributed by atoms with Crippen molar-refractivity contribution in [3.05, 3.63) is 0 Å². The Morgan fingerprint density at radius 2 is 1.68 bits per heavy atom. The number of fused-ring (bicyclic) bond motifs is 1. The second-order valence-electron chi connectivity index (χ2n) is 6.62. The fraction of sp³-hybridized carbons (Fsp3) is 0.875. The Bertz CT molecular complexity index is 420. The van der Waals surface area contributed by atoms with Crippen molar-refractivity contribution in [1.82, 2.24) is 10.2 Å². The van der Waals surface area contributed by atoms with Crippen molar-refractivity contribution >= 4 is 11.8 Å². The van der Waals surface area contributed by atoms with Gasteiger partial charge in [0.05, 0.1) is 25.4 Å². The lowest BCUT2D eigenvalue weighted by Gasteiger charge is -2.39. The van der Waals surface area contributed by atoms with Crippen LogP contribution in [0, 0.1) is 5.92 Å². The standard InChI is InChI=1S/C16H26N2O4/c1-11(19)18-6-4-12(5-7-18)16(20)17-13-2-3-14-15(10-13)22-9-8-21-14/h12-15H,2-10H2,1H3,(H,17,20)/t13-,14-,15-/m1/s1. The molecule has 0 aromatic carbocycles. The summed E-state index contributed by atoms with van der Waals surface area (Å²) in [5.74, 6) is 0.284. The summed E-state index contributed by atoms with van der Waals surface area (Å²) >= 11 is 0. The van der Waals surface area contributed by atoms with Crippen LogP contribution in [0.3, 0.4) is 0 Å². The zero-order chi connectivity index (χ0) is 15.5. The number of hydrogen-bond acceptors (Lipinski definition) is 4. The van der Waals surface area contributed by atoms with Gasteiger partial charge in [-0.1, -0.05) is 0 Å². The Labute approximate surface area is 131 Å². The molecule has 6 nitrogen and oxygen atoms in total. The van der Waals surface area contributed by atoms with Crippen LogP contribution >= 0.6 is 0 Å². The van der Waals surface area contributed by atoms with Gasteiger partial charge in [0.15, 0.2) is 0 Å². The Kier molecular flexibility index (Phi) is 4.98. The summed E-state index contributed by atoms with van der Waals surface area (Å²) in [7, 11) is 0. The topological polar surface area (TPSA) is 67.9 Å². The van der Waals surface area contributed by atoms with Gasteiger partial charge in [-0.2, -0.15) is 0 Å². The summed E-state index contributed by atoms with van der Waals surface area (Å²) in [5, 5.41) is 3.19. The van der Waals surface area contributed by atoms with Crippen molar-refractivity contribution in [3.63, 3.8) is 0 Å². The minimum atomic E-state index is 0.0387. The fourth-order valence-electron chi connectivity index (χ4n) is 3.77. The average molecular weight is 310 g/mol. The first-order valence-electron chi connectivity index (χ1n) is 8.42. The monoisotopic (exact) mass is 310 g/mol. The van der Waals surface area contributed by atoms with Gasteiger partial charge >= 0.3 is 0 Å². The van der Waals surface area contributed by atoms with E-state index < -0.39 is 0 Å². The van der Waals surface area contributed by atoms with Crippen molar-refractivity contribution in [2.45, 2.75) is 57.3 Å². The normalized spacial score (nSPS) is 33.1. The molecule has 2 heterocycles. The van der Waals surface area contributed by atoms with Gasteiger partial charge in [0.1, 0.15) is 0 Å². The van der Waals surface area contributed by atoms with Crippen molar-refractivity contribution in [2.24, 2.45) is 5.92 Å². The molecule has 0 radical (unpaired) electrons. The molecular formula is C16H26N2O4. The number of nitrogens with zero attached hydrogens (tertiary/aromatic N) is 1. The lowest BCUT2D eigenvalue weighted by atomic mass is 9.88. The molecule has 0 bridgehead atoms. The van der Waals surface area contributed by atoms with Gasteiger partial charge in [-0.05, 0) is 32.1 Å². The van der Waals surface area contributed by atoms with Crippen LogP contribution in [0.4, 0.5) is 0 Å². The molecule has 1 aliphatic carbocycles. The van der Waals surface area contributed by atoms with Gasteiger partial charge in [-0.25, -0.2) is 0 Å². The smallest absolute Gasteiger partial charge is 0.223 e. The van der Waals surface area contributed by atoms with Crippen LogP contribution in [0.25, 0.3) is 0 Å². The van der Waals surface area contributed by atoms with Crippen LogP contribution in [-0.2, 0) is 19.1 Å². The second kappa shape index (κ2) is 6.96. The van der Waals surface area contributed by atoms with Gasteiger partial charge in [0, 0.05) is 32.0 Å². The predicted octanol–water partition coefficient (Wildman–Crippen LogP) is 0.698. The van der Waals surface area contributed by atoms with E-state index in [-0.39, 0.29) is 36.0 Å². The summed E-state index contributed by atoms with van der Waals surface area (Å²) in [6, 6.07) is 0.196. The summed E-state index contributed by atoms with van der Waals surface area (Å²) in [6.07, 6.45) is 4.64. The molecule has 0 aromatic heterocycles. The van der Waals surface area contributed by atoms with E-state index in [2.05, 4.69) is 5.32 Å². The first-order chi connectivity index (χ1) is 10.6. The summed E-state index contributed by atoms with van der Waals surface area (Å²) in [4.78, 5) is 25.6. The van der Waals surface area contributed by atoms with Crippen LogP contribution in [0.1, 0.15) is 39.0 Å². The van der Waals surface area contributed by atoms with Gasteiger partial charge in [-0.3, -0.25) is 9.59 Å². The van der Waals surface area contributed by atoms with Gasteiger partial charge in [0.25, 0.3) is 0 Å². The fourth-order valence-corrected chi connectivity index (χ4v) is 3.77. The molecule has 2 saturated heterocycles. The summed E-state index contributed by atoms with van der Waals surface area (Å²) in [6.45, 7) is 4.32. The third-order valence-electron chi connectivity index (χ3n) is 5.14. The molecule has 1 saturated carbocycles. The van der Waals surface area contributed by atoms with E-state index in [9.17, 15) is 9.59 Å². The minimum absolute atomic E-state index is 0.0387. The molecule has 3 atom stereocenters. The van der Waals surface area contributed by atoms with Crippen LogP contribution in [0.5, 0.6) is 0 Å². The number of likely N-dealkylation sites (tertiary alicyclic amines) is 1. The molecule has 22 heavy (non-hydrogen) atoms. The third kappa shape index (κ3) is 3.60. The van der Waals surface area contributed by atoms with Crippen molar-refractivity contribution in [1.29, 1.82) is 0 Å². The maximum Gasteiger partial charge on any atom is 0.223 e. The quantitative estimate of drug-likeness (QED) is 0.815. The molecule has 0 spiro atoms. The van der Waals surface area contributed by atoms with Gasteiger partial charge in [-0.15, -0.1) is 0 Å². The molecular weight excluding hydrogens is 284 g/mol. The van der Waals surface area contributed by atoms with Gasteiger partial charge in [0.2, 0.25) is 11.8 Å². The van der Waals surface area contributed by atoms with Crippen LogP contribution in [0.2, 0.25) is 0 Å². The van der Waals surface area contributed by atoms with Crippen molar-refractivity contribution < 1.29 is 19.1 Å². The molecule has 3 rings (SSSR count). The molecule has 2 amide bonds. The molecule has 6 heteroatoms. The third-order valence-corrected chi connectivity index (χ3v) is 5.14. The Morgan fingerprint density at radius 1 is 1.00 bits per heavy atom. The summed E-state index contributed by atoms with van der Waals surface area (Å²) in [5.41, 5.74) is 0. The highest BCUT2D eigenvalue weighted by Gasteiger charge is 2.35. The van der Waals surface area contributed by atoms with E-state index >= 15 is 0 Å². The van der Waals surface area contributed by atoms with Crippen LogP contribution in [-0.4, -0.2) is 61.3 Å². The van der Waals surface area contributed by atoms with Crippen LogP contribution < -0.4 is 5.32 Å². The van der Waals surface area contributed by atoms with E-state index in [0.717, 1.165) is 32.1 Å². The number of carbonyl (C=O) groups excluding carboxylic acids is 2. The molecule has 3 aliphatic rings. The maximum absolute atomic E-state index is 12.4. The number of hydrogen-bond donors (Lipinski definition) is 1. The Balaban J connectivity index is 1.45. The van der Waals surface area contributed by atoms with Crippen LogP contribution in [0.15, 0.2) is 0 Å². The number of amides is 2. The zero-order valence-corrected chi connectivity index (χ0v) is 13.3. The number of rotatable bonds is 2. The highest BCUT2D eigenvalue weighted by atomic mass is 16.6. The predicted molar refractivity (Wildman–Crippen MR) is 80.2 cm³/mol. The van der Waals surface area contributed by atoms with E-state index in [1.54, 1.807) is 6.92 Å². The molecule has 3 fully saturated rings.